The topological polar surface area (TPSA) is 74.9 Å². The Balaban J connectivity index is 1.66. The van der Waals surface area contributed by atoms with Crippen molar-refractivity contribution in [2.75, 3.05) is 39.4 Å². The molecule has 1 aromatic rings. The number of hydrogen-bond acceptors (Lipinski definition) is 5. The second-order valence-electron chi connectivity index (χ2n) is 4.99. The third-order valence-electron chi connectivity index (χ3n) is 3.47. The summed E-state index contributed by atoms with van der Waals surface area (Å²) in [6.07, 6.45) is 1.05. The number of nitrogens with one attached hydrogen (secondary N) is 1. The summed E-state index contributed by atoms with van der Waals surface area (Å²) in [7, 11) is 0. The van der Waals surface area contributed by atoms with E-state index < -0.39 is 5.97 Å². The predicted molar refractivity (Wildman–Crippen MR) is 74.0 cm³/mol. The summed E-state index contributed by atoms with van der Waals surface area (Å²) >= 11 is 0. The number of rotatable bonds is 7. The van der Waals surface area contributed by atoms with Gasteiger partial charge in [0.05, 0.1) is 19.3 Å². The molecule has 1 aliphatic heterocycles. The summed E-state index contributed by atoms with van der Waals surface area (Å²) in [5, 5.41) is 12.2. The summed E-state index contributed by atoms with van der Waals surface area (Å²) in [5.74, 6) is -0.383. The van der Waals surface area contributed by atoms with Gasteiger partial charge in [0.1, 0.15) is 5.76 Å². The van der Waals surface area contributed by atoms with Crippen molar-refractivity contribution in [1.29, 1.82) is 0 Å². The van der Waals surface area contributed by atoms with Crippen LogP contribution in [-0.2, 0) is 4.74 Å². The lowest BCUT2D eigenvalue weighted by atomic mass is 10.2. The van der Waals surface area contributed by atoms with Crippen LogP contribution in [0.1, 0.15) is 35.7 Å². The molecule has 112 valence electrons. The van der Waals surface area contributed by atoms with E-state index in [1.165, 1.54) is 6.07 Å². The highest BCUT2D eigenvalue weighted by Crippen LogP contribution is 2.16. The van der Waals surface area contributed by atoms with Gasteiger partial charge in [0.2, 0.25) is 5.76 Å². The van der Waals surface area contributed by atoms with E-state index in [0.717, 1.165) is 45.8 Å². The second-order valence-corrected chi connectivity index (χ2v) is 4.99. The van der Waals surface area contributed by atoms with Crippen LogP contribution < -0.4 is 5.32 Å². The van der Waals surface area contributed by atoms with Gasteiger partial charge >= 0.3 is 5.97 Å². The Morgan fingerprint density at radius 2 is 2.20 bits per heavy atom. The number of aromatic carboxylic acids is 1. The SMILES string of the molecule is CC(NCCCN1CCOCC1)c1ccc(C(=O)O)o1. The first-order chi connectivity index (χ1) is 9.66. The number of hydrogen-bond donors (Lipinski definition) is 2. The maximum absolute atomic E-state index is 10.7. The summed E-state index contributed by atoms with van der Waals surface area (Å²) in [6.45, 7) is 7.58. The molecule has 1 aromatic heterocycles. The molecule has 2 N–H and O–H groups in total. The fourth-order valence-electron chi connectivity index (χ4n) is 2.25. The number of furan rings is 1. The van der Waals surface area contributed by atoms with Gasteiger partial charge in [0.25, 0.3) is 0 Å². The van der Waals surface area contributed by atoms with Crippen molar-refractivity contribution in [3.05, 3.63) is 23.7 Å². The van der Waals surface area contributed by atoms with Crippen LogP contribution in [0, 0.1) is 0 Å². The standard InChI is InChI=1S/C14H22N2O4/c1-11(12-3-4-13(20-12)14(17)18)15-5-2-6-16-7-9-19-10-8-16/h3-4,11,15H,2,5-10H2,1H3,(H,17,18). The van der Waals surface area contributed by atoms with Crippen LogP contribution in [0.15, 0.2) is 16.5 Å². The minimum atomic E-state index is -1.03. The molecule has 1 saturated heterocycles. The van der Waals surface area contributed by atoms with Crippen molar-refractivity contribution in [3.63, 3.8) is 0 Å². The molecule has 2 rings (SSSR count). The molecule has 2 heterocycles. The Bertz CT molecular complexity index is 427. The van der Waals surface area contributed by atoms with E-state index in [-0.39, 0.29) is 11.8 Å². The van der Waals surface area contributed by atoms with Crippen LogP contribution in [0.25, 0.3) is 0 Å². The van der Waals surface area contributed by atoms with Crippen LogP contribution in [-0.4, -0.2) is 55.4 Å². The van der Waals surface area contributed by atoms with Gasteiger partial charge in [-0.25, -0.2) is 4.79 Å². The average molecular weight is 282 g/mol. The number of carboxylic acids is 1. The summed E-state index contributed by atoms with van der Waals surface area (Å²) in [4.78, 5) is 13.1. The zero-order chi connectivity index (χ0) is 14.4. The molecule has 6 nitrogen and oxygen atoms in total. The fourth-order valence-corrected chi connectivity index (χ4v) is 2.25. The largest absolute Gasteiger partial charge is 0.475 e. The van der Waals surface area contributed by atoms with Gasteiger partial charge in [-0.1, -0.05) is 0 Å². The minimum absolute atomic E-state index is 0.0121. The van der Waals surface area contributed by atoms with Gasteiger partial charge in [-0.2, -0.15) is 0 Å². The van der Waals surface area contributed by atoms with E-state index in [0.29, 0.717) is 5.76 Å². The van der Waals surface area contributed by atoms with Crippen molar-refractivity contribution in [2.45, 2.75) is 19.4 Å². The maximum atomic E-state index is 10.7. The molecule has 1 unspecified atom stereocenters. The van der Waals surface area contributed by atoms with Crippen LogP contribution >= 0.6 is 0 Å². The van der Waals surface area contributed by atoms with Crippen LogP contribution in [0.4, 0.5) is 0 Å². The number of carbonyl (C=O) groups is 1. The van der Waals surface area contributed by atoms with E-state index in [2.05, 4.69) is 10.2 Å². The third-order valence-corrected chi connectivity index (χ3v) is 3.47. The van der Waals surface area contributed by atoms with Crippen LogP contribution in [0.2, 0.25) is 0 Å². The van der Waals surface area contributed by atoms with Gasteiger partial charge in [0, 0.05) is 13.1 Å². The summed E-state index contributed by atoms with van der Waals surface area (Å²) < 4.78 is 10.6. The average Bonchev–Trinajstić information content (AvgIpc) is 2.94. The lowest BCUT2D eigenvalue weighted by molar-refractivity contribution is 0.0373. The molecule has 0 bridgehead atoms. The first kappa shape index (κ1) is 15.0. The zero-order valence-corrected chi connectivity index (χ0v) is 11.8. The van der Waals surface area contributed by atoms with E-state index in [1.807, 2.05) is 6.92 Å². The molecular weight excluding hydrogens is 260 g/mol. The smallest absolute Gasteiger partial charge is 0.371 e. The Morgan fingerprint density at radius 1 is 1.45 bits per heavy atom. The molecule has 0 aromatic carbocycles. The van der Waals surface area contributed by atoms with Gasteiger partial charge < -0.3 is 19.6 Å². The number of morpholine rings is 1. The second kappa shape index (κ2) is 7.42. The number of ether oxygens (including phenoxy) is 1. The molecule has 1 fully saturated rings. The molecule has 0 radical (unpaired) electrons. The molecule has 1 aliphatic rings. The van der Waals surface area contributed by atoms with Crippen molar-refractivity contribution in [2.24, 2.45) is 0 Å². The molecule has 0 aliphatic carbocycles. The van der Waals surface area contributed by atoms with Crippen LogP contribution in [0.3, 0.4) is 0 Å². The first-order valence-corrected chi connectivity index (χ1v) is 7.03. The van der Waals surface area contributed by atoms with Gasteiger partial charge in [-0.3, -0.25) is 4.90 Å². The summed E-state index contributed by atoms with van der Waals surface area (Å²) in [6, 6.07) is 3.22. The van der Waals surface area contributed by atoms with E-state index >= 15 is 0 Å². The highest BCUT2D eigenvalue weighted by Gasteiger charge is 2.14. The van der Waals surface area contributed by atoms with E-state index in [1.54, 1.807) is 6.07 Å². The van der Waals surface area contributed by atoms with Gasteiger partial charge in [-0.05, 0) is 38.6 Å². The Morgan fingerprint density at radius 3 is 2.85 bits per heavy atom. The minimum Gasteiger partial charge on any atom is -0.475 e. The highest BCUT2D eigenvalue weighted by molar-refractivity contribution is 5.84. The third kappa shape index (κ3) is 4.33. The Hall–Kier alpha value is -1.37. The van der Waals surface area contributed by atoms with Crippen molar-refractivity contribution < 1.29 is 19.1 Å². The number of nitrogens with zero attached hydrogens (tertiary/aromatic N) is 1. The van der Waals surface area contributed by atoms with Gasteiger partial charge in [0.15, 0.2) is 0 Å². The van der Waals surface area contributed by atoms with Crippen molar-refractivity contribution in [3.8, 4) is 0 Å². The van der Waals surface area contributed by atoms with E-state index in [9.17, 15) is 4.79 Å². The zero-order valence-electron chi connectivity index (χ0n) is 11.8. The van der Waals surface area contributed by atoms with Crippen molar-refractivity contribution >= 4 is 5.97 Å². The first-order valence-electron chi connectivity index (χ1n) is 7.03. The molecule has 0 amide bonds. The maximum Gasteiger partial charge on any atom is 0.371 e. The molecular formula is C14H22N2O4. The molecule has 0 spiro atoms. The lowest BCUT2D eigenvalue weighted by Gasteiger charge is -2.26. The Labute approximate surface area is 118 Å². The van der Waals surface area contributed by atoms with E-state index in [4.69, 9.17) is 14.3 Å². The normalized spacial score (nSPS) is 18.1. The number of carboxylic acid groups (broad SMARTS) is 1. The molecule has 20 heavy (non-hydrogen) atoms. The lowest BCUT2D eigenvalue weighted by Crippen LogP contribution is -2.37. The van der Waals surface area contributed by atoms with Crippen molar-refractivity contribution in [1.82, 2.24) is 10.2 Å². The molecule has 0 saturated carbocycles. The molecule has 1 atom stereocenters. The Kier molecular flexibility index (Phi) is 5.58. The molecule has 6 heteroatoms. The highest BCUT2D eigenvalue weighted by atomic mass is 16.5. The predicted octanol–water partition coefficient (Wildman–Crippen LogP) is 1.35. The summed E-state index contributed by atoms with van der Waals surface area (Å²) in [5.41, 5.74) is 0. The monoisotopic (exact) mass is 282 g/mol. The fraction of sp³-hybridized carbons (Fsp3) is 0.643. The van der Waals surface area contributed by atoms with Gasteiger partial charge in [-0.15, -0.1) is 0 Å². The van der Waals surface area contributed by atoms with Crippen LogP contribution in [0.5, 0.6) is 0 Å². The quantitative estimate of drug-likeness (QED) is 0.735.